The van der Waals surface area contributed by atoms with Gasteiger partial charge in [-0.3, -0.25) is 9.59 Å². The molecule has 108 valence electrons. The van der Waals surface area contributed by atoms with Gasteiger partial charge in [-0.25, -0.2) is 0 Å². The van der Waals surface area contributed by atoms with Crippen molar-refractivity contribution in [2.75, 3.05) is 6.54 Å². The molecule has 1 saturated heterocycles. The lowest BCUT2D eigenvalue weighted by atomic mass is 9.63. The van der Waals surface area contributed by atoms with Gasteiger partial charge >= 0.3 is 0 Å². The van der Waals surface area contributed by atoms with Crippen molar-refractivity contribution in [3.8, 4) is 0 Å². The molecule has 2 amide bonds. The van der Waals surface area contributed by atoms with E-state index in [0.717, 1.165) is 12.8 Å². The molecule has 1 unspecified atom stereocenters. The third kappa shape index (κ3) is 3.71. The van der Waals surface area contributed by atoms with Crippen LogP contribution in [0.3, 0.4) is 0 Å². The molecule has 0 radical (unpaired) electrons. The van der Waals surface area contributed by atoms with Crippen molar-refractivity contribution in [2.24, 2.45) is 16.7 Å². The average molecular weight is 266 g/mol. The summed E-state index contributed by atoms with van der Waals surface area (Å²) in [7, 11) is 0. The molecule has 1 aliphatic carbocycles. The normalized spacial score (nSPS) is 29.9. The van der Waals surface area contributed by atoms with Gasteiger partial charge < -0.3 is 10.6 Å². The molecule has 19 heavy (non-hydrogen) atoms. The second-order valence-electron chi connectivity index (χ2n) is 7.82. The van der Waals surface area contributed by atoms with Gasteiger partial charge in [0.25, 0.3) is 0 Å². The summed E-state index contributed by atoms with van der Waals surface area (Å²) in [6.07, 6.45) is 3.58. The summed E-state index contributed by atoms with van der Waals surface area (Å²) < 4.78 is 0. The molecule has 1 atom stereocenters. The highest BCUT2D eigenvalue weighted by molar-refractivity contribution is 5.89. The molecule has 1 aliphatic heterocycles. The van der Waals surface area contributed by atoms with Crippen LogP contribution >= 0.6 is 0 Å². The molecule has 1 heterocycles. The highest BCUT2D eigenvalue weighted by Crippen LogP contribution is 2.45. The van der Waals surface area contributed by atoms with Gasteiger partial charge in [0.15, 0.2) is 0 Å². The Kier molecular flexibility index (Phi) is 3.63. The fourth-order valence-electron chi connectivity index (χ4n) is 4.06. The number of carbonyl (C=O) groups is 2. The Morgan fingerprint density at radius 2 is 1.79 bits per heavy atom. The van der Waals surface area contributed by atoms with E-state index in [1.54, 1.807) is 0 Å². The maximum atomic E-state index is 12.2. The minimum atomic E-state index is -0.180. The zero-order chi connectivity index (χ0) is 14.3. The third-order valence-electron chi connectivity index (χ3n) is 4.25. The standard InChI is InChI=1S/C15H26N2O2/c1-14(2)6-11(7-15(3,4)9-14)17-13(19)10-5-12(18)16-8-10/h10-11H,5-9H2,1-4H3,(H,16,18)(H,17,19). The quantitative estimate of drug-likeness (QED) is 0.801. The zero-order valence-electron chi connectivity index (χ0n) is 12.5. The molecule has 0 spiro atoms. The highest BCUT2D eigenvalue weighted by atomic mass is 16.2. The molecule has 4 nitrogen and oxygen atoms in total. The minimum Gasteiger partial charge on any atom is -0.355 e. The molecule has 0 aromatic carbocycles. The Labute approximate surface area is 115 Å². The van der Waals surface area contributed by atoms with Gasteiger partial charge in [-0.2, -0.15) is 0 Å². The number of rotatable bonds is 2. The average Bonchev–Trinajstić information content (AvgIpc) is 2.59. The predicted molar refractivity (Wildman–Crippen MR) is 74.5 cm³/mol. The molecule has 0 aromatic heterocycles. The van der Waals surface area contributed by atoms with Gasteiger partial charge in [0.05, 0.1) is 5.92 Å². The number of hydrogen-bond donors (Lipinski definition) is 2. The first-order chi connectivity index (χ1) is 8.67. The summed E-state index contributed by atoms with van der Waals surface area (Å²) in [5.74, 6) is -0.151. The van der Waals surface area contributed by atoms with E-state index in [2.05, 4.69) is 38.3 Å². The van der Waals surface area contributed by atoms with E-state index in [0.29, 0.717) is 13.0 Å². The van der Waals surface area contributed by atoms with Crippen LogP contribution in [0, 0.1) is 16.7 Å². The van der Waals surface area contributed by atoms with Crippen LogP contribution in [0.25, 0.3) is 0 Å². The van der Waals surface area contributed by atoms with E-state index in [-0.39, 0.29) is 34.6 Å². The van der Waals surface area contributed by atoms with Gasteiger partial charge in [-0.05, 0) is 30.1 Å². The van der Waals surface area contributed by atoms with E-state index in [1.165, 1.54) is 6.42 Å². The second kappa shape index (κ2) is 4.80. The zero-order valence-corrected chi connectivity index (χ0v) is 12.5. The first-order valence-corrected chi connectivity index (χ1v) is 7.24. The van der Waals surface area contributed by atoms with Crippen LogP contribution in [0.15, 0.2) is 0 Å². The van der Waals surface area contributed by atoms with E-state index in [4.69, 9.17) is 0 Å². The molecule has 0 aromatic rings. The summed E-state index contributed by atoms with van der Waals surface area (Å²) in [6.45, 7) is 9.58. The second-order valence-corrected chi connectivity index (χ2v) is 7.82. The van der Waals surface area contributed by atoms with Gasteiger partial charge in [-0.1, -0.05) is 27.7 Å². The molecule has 2 fully saturated rings. The van der Waals surface area contributed by atoms with Crippen molar-refractivity contribution in [1.82, 2.24) is 10.6 Å². The number of amides is 2. The molecule has 0 bridgehead atoms. The maximum Gasteiger partial charge on any atom is 0.225 e. The molecular weight excluding hydrogens is 240 g/mol. The topological polar surface area (TPSA) is 58.2 Å². The smallest absolute Gasteiger partial charge is 0.225 e. The monoisotopic (exact) mass is 266 g/mol. The summed E-state index contributed by atoms with van der Waals surface area (Å²) in [4.78, 5) is 23.3. The van der Waals surface area contributed by atoms with Crippen molar-refractivity contribution < 1.29 is 9.59 Å². The molecule has 1 saturated carbocycles. The van der Waals surface area contributed by atoms with Crippen LogP contribution in [-0.4, -0.2) is 24.4 Å². The summed E-state index contributed by atoms with van der Waals surface area (Å²) in [5, 5.41) is 5.88. The molecule has 4 heteroatoms. The van der Waals surface area contributed by atoms with Crippen LogP contribution in [0.4, 0.5) is 0 Å². The molecular formula is C15H26N2O2. The van der Waals surface area contributed by atoms with Crippen molar-refractivity contribution in [3.05, 3.63) is 0 Å². The third-order valence-corrected chi connectivity index (χ3v) is 4.25. The van der Waals surface area contributed by atoms with Crippen LogP contribution in [-0.2, 0) is 9.59 Å². The van der Waals surface area contributed by atoms with Gasteiger partial charge in [0, 0.05) is 19.0 Å². The SMILES string of the molecule is CC1(C)CC(NC(=O)C2CNC(=O)C2)CC(C)(C)C1. The lowest BCUT2D eigenvalue weighted by Gasteiger charge is -2.45. The van der Waals surface area contributed by atoms with Crippen molar-refractivity contribution in [2.45, 2.75) is 59.4 Å². The van der Waals surface area contributed by atoms with Gasteiger partial charge in [0.2, 0.25) is 11.8 Å². The first kappa shape index (κ1) is 14.4. The Balaban J connectivity index is 1.95. The maximum absolute atomic E-state index is 12.2. The Morgan fingerprint density at radius 1 is 1.21 bits per heavy atom. The largest absolute Gasteiger partial charge is 0.355 e. The lowest BCUT2D eigenvalue weighted by Crippen LogP contribution is -2.47. The number of nitrogens with one attached hydrogen (secondary N) is 2. The van der Waals surface area contributed by atoms with Crippen LogP contribution < -0.4 is 10.6 Å². The Bertz CT molecular complexity index is 372. The van der Waals surface area contributed by atoms with Crippen LogP contribution in [0.2, 0.25) is 0 Å². The van der Waals surface area contributed by atoms with Gasteiger partial charge in [0.1, 0.15) is 0 Å². The van der Waals surface area contributed by atoms with Crippen molar-refractivity contribution in [3.63, 3.8) is 0 Å². The Morgan fingerprint density at radius 3 is 2.26 bits per heavy atom. The van der Waals surface area contributed by atoms with Gasteiger partial charge in [-0.15, -0.1) is 0 Å². The Hall–Kier alpha value is -1.06. The fraction of sp³-hybridized carbons (Fsp3) is 0.867. The summed E-state index contributed by atoms with van der Waals surface area (Å²) in [5.41, 5.74) is 0.535. The molecule has 2 aliphatic rings. The van der Waals surface area contributed by atoms with Crippen molar-refractivity contribution in [1.29, 1.82) is 0 Å². The van der Waals surface area contributed by atoms with E-state index >= 15 is 0 Å². The fourth-order valence-corrected chi connectivity index (χ4v) is 4.06. The molecule has 2 N–H and O–H groups in total. The first-order valence-electron chi connectivity index (χ1n) is 7.24. The minimum absolute atomic E-state index is 0.00976. The summed E-state index contributed by atoms with van der Waals surface area (Å²) in [6, 6.07) is 0.238. The number of hydrogen-bond acceptors (Lipinski definition) is 2. The van der Waals surface area contributed by atoms with Crippen molar-refractivity contribution >= 4 is 11.8 Å². The van der Waals surface area contributed by atoms with Crippen LogP contribution in [0.5, 0.6) is 0 Å². The highest BCUT2D eigenvalue weighted by Gasteiger charge is 2.40. The van der Waals surface area contributed by atoms with Crippen LogP contribution in [0.1, 0.15) is 53.4 Å². The van der Waals surface area contributed by atoms with E-state index < -0.39 is 0 Å². The predicted octanol–water partition coefficient (Wildman–Crippen LogP) is 1.84. The van der Waals surface area contributed by atoms with E-state index in [9.17, 15) is 9.59 Å². The van der Waals surface area contributed by atoms with E-state index in [1.807, 2.05) is 0 Å². The molecule has 2 rings (SSSR count). The summed E-state index contributed by atoms with van der Waals surface area (Å²) >= 11 is 0. The number of carbonyl (C=O) groups excluding carboxylic acids is 2. The lowest BCUT2D eigenvalue weighted by molar-refractivity contribution is -0.127.